The molecule has 3 aliphatic carbocycles. The van der Waals surface area contributed by atoms with Crippen molar-refractivity contribution >= 4 is 119 Å². The van der Waals surface area contributed by atoms with Gasteiger partial charge in [-0.15, -0.1) is 0 Å². The van der Waals surface area contributed by atoms with Crippen molar-refractivity contribution in [2.75, 3.05) is 53.4 Å². The molecule has 23 rings (SSSR count). The first kappa shape index (κ1) is 93.4. The van der Waals surface area contributed by atoms with Gasteiger partial charge in [0, 0.05) is 141 Å². The molecule has 0 unspecified atom stereocenters. The van der Waals surface area contributed by atoms with E-state index in [1.807, 2.05) is 112 Å². The van der Waals surface area contributed by atoms with Crippen LogP contribution in [0.5, 0.6) is 0 Å². The van der Waals surface area contributed by atoms with Gasteiger partial charge in [-0.05, 0) is 207 Å². The fourth-order valence-electron chi connectivity index (χ4n) is 25.8. The number of aliphatic hydroxyl groups is 3. The lowest BCUT2D eigenvalue weighted by molar-refractivity contribution is -0.322. The molecule has 6 N–H and O–H groups in total. The number of hydrogen-bond acceptors (Lipinski definition) is 18. The summed E-state index contributed by atoms with van der Waals surface area (Å²) < 4.78 is 70.3. The SMILES string of the molecule is CC(C)C[C@H]1C(=O)N2CCC[C@H]2[C@]2(O)O[C@](NC(=O)[C@@H]3C=C4c5cccc6c5c(c(Br)n6C)C[C@H]4N(C(F)(F)F)C3)(C(C)C)C(=O)N12.CCCn1cc2c3c(cccc31)C1=C[C@@H](C(=O)N[C@]3(C)O[C@@]4(O)[C@@H]5CCCN5C(=O)[C@H](Cc5ccccc5)N4C3=O)CN(C)[C@@H]1C2.CCn1cc2c3c(cccc31)C1=C[C@@H](C(=O)N[C@]3(C)O[C@@]4(O)[C@@H]5CCCN5C(=O)[C@H](Cc5ccccc5)N4C3=O)CN(C)[C@@H]1C2. The predicted octanol–water partition coefficient (Wildman–Crippen LogP) is 9.45. The molecule has 15 heterocycles. The quantitative estimate of drug-likeness (QED) is 0.0490. The second-order valence-electron chi connectivity index (χ2n) is 41.4. The number of alkyl halides is 3. The highest BCUT2D eigenvalue weighted by Crippen LogP contribution is 2.55. The van der Waals surface area contributed by atoms with Gasteiger partial charge >= 0.3 is 6.30 Å². The number of aromatic nitrogens is 3. The summed E-state index contributed by atoms with van der Waals surface area (Å²) in [4.78, 5) is 140. The van der Waals surface area contributed by atoms with E-state index < -0.39 is 137 Å². The van der Waals surface area contributed by atoms with Crippen LogP contribution in [-0.4, -0.2) is 275 Å². The van der Waals surface area contributed by atoms with Crippen LogP contribution in [0.15, 0.2) is 150 Å². The smallest absolute Gasteiger partial charge is 0.347 e. The molecule has 18 atom stereocenters. The third-order valence-electron chi connectivity index (χ3n) is 32.2. The number of likely N-dealkylation sites (N-methyl/N-ethyl adjacent to an activating group) is 2. The Hall–Kier alpha value is -10.9. The molecule has 3 aromatic heterocycles. The molecule has 728 valence electrons. The second-order valence-corrected chi connectivity index (χ2v) is 42.2. The Labute approximate surface area is 806 Å². The van der Waals surface area contributed by atoms with Gasteiger partial charge in [0.2, 0.25) is 52.6 Å². The van der Waals surface area contributed by atoms with Crippen LogP contribution >= 0.6 is 15.9 Å². The minimum atomic E-state index is -4.75. The number of fused-ring (bicyclic) bond motifs is 15. The molecule has 0 bridgehead atoms. The van der Waals surface area contributed by atoms with Gasteiger partial charge in [0.05, 0.1) is 22.4 Å². The van der Waals surface area contributed by atoms with Gasteiger partial charge in [-0.1, -0.05) is 150 Å². The predicted molar refractivity (Wildman–Crippen MR) is 508 cm³/mol. The molecule has 15 aliphatic rings. The first-order chi connectivity index (χ1) is 65.8. The molecule has 0 saturated carbocycles. The lowest BCUT2D eigenvalue weighted by atomic mass is 9.79. The van der Waals surface area contributed by atoms with Crippen LogP contribution in [0, 0.1) is 29.6 Å². The number of carbonyl (C=O) groups is 9. The molecule has 12 aliphatic heterocycles. The summed E-state index contributed by atoms with van der Waals surface area (Å²) in [6.07, 6.45) is 12.5. The largest absolute Gasteiger partial charge is 0.460 e. The highest BCUT2D eigenvalue weighted by molar-refractivity contribution is 9.10. The Bertz CT molecular complexity index is 6500. The number of amides is 9. The van der Waals surface area contributed by atoms with Crippen LogP contribution in [-0.2, 0) is 110 Å². The lowest BCUT2D eigenvalue weighted by Crippen LogP contribution is -2.71. The molecule has 138 heavy (non-hydrogen) atoms. The summed E-state index contributed by atoms with van der Waals surface area (Å²) in [5.74, 6) is -13.7. The van der Waals surface area contributed by atoms with Gasteiger partial charge in [-0.2, -0.15) is 13.2 Å². The maximum absolute atomic E-state index is 14.7. The van der Waals surface area contributed by atoms with Crippen LogP contribution in [0.1, 0.15) is 151 Å². The molecule has 8 aromatic rings. The van der Waals surface area contributed by atoms with Crippen LogP contribution in [0.3, 0.4) is 0 Å². The number of halogens is 4. The summed E-state index contributed by atoms with van der Waals surface area (Å²) in [6.45, 7) is 17.9. The molecule has 0 radical (unpaired) electrons. The zero-order valence-corrected chi connectivity index (χ0v) is 81.0. The molecular formula is C104H119BrF3N15O15. The van der Waals surface area contributed by atoms with Gasteiger partial charge in [0.1, 0.15) is 36.3 Å². The monoisotopic (exact) mass is 1950 g/mol. The van der Waals surface area contributed by atoms with E-state index in [2.05, 4.69) is 120 Å². The van der Waals surface area contributed by atoms with E-state index in [4.69, 9.17) is 14.2 Å². The highest BCUT2D eigenvalue weighted by atomic mass is 79.9. The summed E-state index contributed by atoms with van der Waals surface area (Å²) in [5.41, 5.74) is 8.18. The third-order valence-corrected chi connectivity index (χ3v) is 33.2. The zero-order chi connectivity index (χ0) is 97.2. The van der Waals surface area contributed by atoms with Crippen molar-refractivity contribution in [3.8, 4) is 0 Å². The Morgan fingerprint density at radius 1 is 0.500 bits per heavy atom. The Morgan fingerprint density at radius 2 is 0.913 bits per heavy atom. The van der Waals surface area contributed by atoms with Crippen molar-refractivity contribution in [1.29, 1.82) is 0 Å². The van der Waals surface area contributed by atoms with Crippen molar-refractivity contribution in [1.82, 2.24) is 73.8 Å². The average Bonchev–Trinajstić information content (AvgIpc) is 1.55. The number of nitrogens with zero attached hydrogens (tertiary/aromatic N) is 12. The Morgan fingerprint density at radius 3 is 1.36 bits per heavy atom. The van der Waals surface area contributed by atoms with Gasteiger partial charge in [0.15, 0.2) is 0 Å². The third kappa shape index (κ3) is 14.4. The average molecular weight is 1960 g/mol. The summed E-state index contributed by atoms with van der Waals surface area (Å²) in [7, 11) is 5.93. The number of benzene rings is 5. The normalized spacial score (nSPS) is 32.2. The second kappa shape index (κ2) is 33.9. The number of hydrogen-bond donors (Lipinski definition) is 6. The van der Waals surface area contributed by atoms with Crippen LogP contribution in [0.25, 0.3) is 49.4 Å². The standard InChI is InChI=1S/C36H41N5O5.C35H39N5O5.C33H39BrF3N5O5/c1-4-15-39-21-23-19-28-26(25-12-8-13-27(39)31(23)25)18-24(20-38(28)3)32(42)37-35(2)34(44)41-29(17-22-10-6-5-7-11-22)33(43)40-16-9-14-30(40)36(41,45)46-35;1-4-38-20-22-18-27-25(24-12-8-13-26(38)30(22)24)17-23(19-37(27)3)31(41)36-34(2)33(43)40-28(16-21-10-6-5-7-11-21)32(42)39-15-9-14-29(39)35(40,44)45-34;1-16(2)12-24-29(44)40-11-7-10-25(40)32(46)42(24)30(45)31(47-32,17(3)4)38-28(43)18-13-20-19-8-6-9-22-26(19)21(27(34)39(22)5)14-23(20)41(15-18)33(35,36)37/h5-8,10-13,18,21,24,28-30,45H,4,9,14-17,19-20H2,1-3H3,(H,37,42);5-8,10-13,17,20,23,27-29,44H,4,9,14-16,18-19H2,1-3H3,(H,36,41);6,8-9,13,16-18,23-25,46H,7,10-12,14-15H2,1-5H3,(H,38,43)/t24-,28-,29+,30+,35-,36+;23-,27-,28+,29+,34-,35+;18-,23-,24+,25+,31-,32+/m111/s1. The maximum atomic E-state index is 14.7. The number of carbonyl (C=O) groups excluding carboxylic acids is 9. The fraction of sp³-hybridized carbons (Fsp3) is 0.510. The van der Waals surface area contributed by atoms with E-state index in [-0.39, 0.29) is 73.2 Å². The van der Waals surface area contributed by atoms with Gasteiger partial charge in [0.25, 0.3) is 35.5 Å². The van der Waals surface area contributed by atoms with Crippen LogP contribution < -0.4 is 16.0 Å². The van der Waals surface area contributed by atoms with Crippen molar-refractivity contribution in [2.24, 2.45) is 36.6 Å². The van der Waals surface area contributed by atoms with E-state index >= 15 is 0 Å². The Balaban J connectivity index is 0.000000123. The first-order valence-electron chi connectivity index (χ1n) is 48.9. The summed E-state index contributed by atoms with van der Waals surface area (Å²) in [6, 6.07) is 31.2. The molecule has 9 amide bonds. The van der Waals surface area contributed by atoms with E-state index in [1.165, 1.54) is 56.6 Å². The maximum Gasteiger partial charge on any atom is 0.460 e. The molecule has 34 heteroatoms. The minimum Gasteiger partial charge on any atom is -0.347 e. The van der Waals surface area contributed by atoms with Crippen molar-refractivity contribution in [3.63, 3.8) is 0 Å². The van der Waals surface area contributed by atoms with Gasteiger partial charge in [-0.25, -0.2) is 4.90 Å². The van der Waals surface area contributed by atoms with Crippen molar-refractivity contribution in [2.45, 2.75) is 248 Å². The van der Waals surface area contributed by atoms with E-state index in [0.29, 0.717) is 91.9 Å². The number of aryl methyl sites for hydroxylation is 3. The molecule has 9 fully saturated rings. The van der Waals surface area contributed by atoms with Crippen LogP contribution in [0.4, 0.5) is 13.2 Å². The Kier molecular flexibility index (Phi) is 23.0. The lowest BCUT2D eigenvalue weighted by Gasteiger charge is -2.49. The molecule has 30 nitrogen and oxygen atoms in total. The fourth-order valence-corrected chi connectivity index (χ4v) is 26.3. The summed E-state index contributed by atoms with van der Waals surface area (Å²) in [5, 5.41) is 48.1. The van der Waals surface area contributed by atoms with Gasteiger partial charge < -0.3 is 59.7 Å². The number of piperazine rings is 3. The summed E-state index contributed by atoms with van der Waals surface area (Å²) >= 11 is 3.57. The highest BCUT2D eigenvalue weighted by Gasteiger charge is 2.75. The topological polar surface area (TPSA) is 322 Å². The van der Waals surface area contributed by atoms with Crippen molar-refractivity contribution < 1.29 is 85.9 Å². The minimum absolute atomic E-state index is 0.00958. The molecule has 0 spiro atoms. The number of nitrogens with one attached hydrogen (secondary N) is 3. The van der Waals surface area contributed by atoms with Crippen molar-refractivity contribution in [3.05, 3.63) is 195 Å². The van der Waals surface area contributed by atoms with E-state index in [9.17, 15) is 71.6 Å². The van der Waals surface area contributed by atoms with E-state index in [1.54, 1.807) is 46.8 Å². The molecular weight excluding hydrogens is 1840 g/mol. The number of ether oxygens (including phenoxy) is 3. The van der Waals surface area contributed by atoms with E-state index in [0.717, 1.165) is 87.1 Å². The van der Waals surface area contributed by atoms with Crippen LogP contribution in [0.2, 0.25) is 0 Å². The van der Waals surface area contributed by atoms with Gasteiger partial charge in [-0.3, -0.25) is 81.9 Å². The number of rotatable bonds is 16. The molecule has 9 saturated heterocycles. The zero-order valence-electron chi connectivity index (χ0n) is 79.4. The first-order valence-corrected chi connectivity index (χ1v) is 49.7. The molecule has 5 aromatic carbocycles.